The van der Waals surface area contributed by atoms with Gasteiger partial charge in [0.2, 0.25) is 17.7 Å². The van der Waals surface area contributed by atoms with Crippen molar-refractivity contribution in [3.63, 3.8) is 0 Å². The molecule has 0 unspecified atom stereocenters. The van der Waals surface area contributed by atoms with E-state index in [1.165, 1.54) is 35.4 Å². The zero-order valence-corrected chi connectivity index (χ0v) is 42.5. The predicted octanol–water partition coefficient (Wildman–Crippen LogP) is 9.53. The van der Waals surface area contributed by atoms with E-state index in [4.69, 9.17) is 4.74 Å². The van der Waals surface area contributed by atoms with Crippen LogP contribution in [0.25, 0.3) is 5.57 Å². The third-order valence-electron chi connectivity index (χ3n) is 12.0. The van der Waals surface area contributed by atoms with E-state index < -0.39 is 5.82 Å². The molecule has 2 aromatic rings. The van der Waals surface area contributed by atoms with Gasteiger partial charge in [-0.25, -0.2) is 9.38 Å². The highest BCUT2D eigenvalue weighted by Crippen LogP contribution is 2.32. The van der Waals surface area contributed by atoms with E-state index >= 15 is 4.39 Å². The van der Waals surface area contributed by atoms with Crippen molar-refractivity contribution >= 4 is 40.9 Å². The summed E-state index contributed by atoms with van der Waals surface area (Å²) in [5, 5.41) is 8.74. The maximum Gasteiger partial charge on any atom is 0.227 e. The molecule has 6 rings (SSSR count). The summed E-state index contributed by atoms with van der Waals surface area (Å²) in [7, 11) is 0. The number of nitrogens with one attached hydrogen (secondary N) is 3. The molecule has 3 amide bonds. The summed E-state index contributed by atoms with van der Waals surface area (Å²) < 4.78 is 21.0. The van der Waals surface area contributed by atoms with E-state index in [0.29, 0.717) is 49.2 Å². The molecule has 0 spiro atoms. The SMILES string of the molecule is C=C/C(=C(/C)C1=C(C)OCCN1)N1CCC(/C=N\C(=C)Nc2ccc(CC(=O)N3CCN(C4CN(c5cccc(C(=C)C)c5C)C4)CC3)c(F)c2)=C(C)C1.CC.CC.CCCC(=O)NC(C)=O. The Kier molecular flexibility index (Phi) is 22.8. The topological polar surface area (TPSA) is 122 Å². The first-order valence-electron chi connectivity index (χ1n) is 24.1. The molecule has 2 fully saturated rings. The third kappa shape index (κ3) is 15.8. The van der Waals surface area contributed by atoms with E-state index in [0.717, 1.165) is 92.5 Å². The number of ether oxygens (including phenoxy) is 1. The molecule has 4 aliphatic heterocycles. The number of aliphatic imine (C=N–C) groups is 1. The van der Waals surface area contributed by atoms with Crippen LogP contribution in [0.1, 0.15) is 105 Å². The Hall–Kier alpha value is -5.95. The van der Waals surface area contributed by atoms with E-state index in [9.17, 15) is 14.4 Å². The van der Waals surface area contributed by atoms with Gasteiger partial charge in [-0.05, 0) is 105 Å². The Morgan fingerprint density at radius 2 is 1.64 bits per heavy atom. The number of carbonyl (C=O) groups excluding carboxylic acids is 3. The number of imide groups is 1. The normalized spacial score (nSPS) is 16.6. The lowest BCUT2D eigenvalue weighted by Gasteiger charge is -2.49. The summed E-state index contributed by atoms with van der Waals surface area (Å²) >= 11 is 0. The molecule has 13 heteroatoms. The fourth-order valence-electron chi connectivity index (χ4n) is 8.47. The van der Waals surface area contributed by atoms with Crippen molar-refractivity contribution in [3.05, 3.63) is 124 Å². The van der Waals surface area contributed by atoms with Crippen LogP contribution >= 0.6 is 0 Å². The maximum atomic E-state index is 15.2. The number of rotatable bonds is 14. The van der Waals surface area contributed by atoms with Crippen molar-refractivity contribution in [2.45, 2.75) is 108 Å². The number of hydrogen-bond donors (Lipinski definition) is 3. The van der Waals surface area contributed by atoms with Crippen LogP contribution in [0.3, 0.4) is 0 Å². The minimum Gasteiger partial charge on any atom is -0.494 e. The molecule has 0 saturated carbocycles. The maximum absolute atomic E-state index is 15.2. The van der Waals surface area contributed by atoms with Crippen molar-refractivity contribution in [2.75, 3.05) is 75.7 Å². The average molecular weight is 923 g/mol. The largest absolute Gasteiger partial charge is 0.494 e. The summed E-state index contributed by atoms with van der Waals surface area (Å²) in [6.45, 7) is 41.9. The van der Waals surface area contributed by atoms with E-state index in [2.05, 4.69) is 101 Å². The zero-order chi connectivity index (χ0) is 49.8. The predicted molar refractivity (Wildman–Crippen MR) is 276 cm³/mol. The molecule has 0 radical (unpaired) electrons. The number of carbonyl (C=O) groups is 3. The summed E-state index contributed by atoms with van der Waals surface area (Å²) in [5.74, 6) is 0.383. The molecule has 4 aliphatic rings. The van der Waals surface area contributed by atoms with Gasteiger partial charge in [0.05, 0.1) is 12.1 Å². The molecule has 67 heavy (non-hydrogen) atoms. The summed E-state index contributed by atoms with van der Waals surface area (Å²) in [5.41, 5.74) is 11.4. The van der Waals surface area contributed by atoms with Gasteiger partial charge in [-0.2, -0.15) is 0 Å². The molecule has 2 aromatic carbocycles. The molecular formula is C54H79FN8O4. The van der Waals surface area contributed by atoms with Crippen molar-refractivity contribution in [3.8, 4) is 0 Å². The summed E-state index contributed by atoms with van der Waals surface area (Å²) in [4.78, 5) is 47.6. The number of benzene rings is 2. The second-order valence-corrected chi connectivity index (χ2v) is 16.8. The quantitative estimate of drug-likeness (QED) is 0.126. The van der Waals surface area contributed by atoms with E-state index in [1.54, 1.807) is 12.1 Å². The van der Waals surface area contributed by atoms with Gasteiger partial charge in [0.15, 0.2) is 0 Å². The highest BCUT2D eigenvalue weighted by molar-refractivity contribution is 5.93. The first-order chi connectivity index (χ1) is 32.1. The fraction of sp³-hybridized carbons (Fsp3) is 0.481. The van der Waals surface area contributed by atoms with Crippen LogP contribution < -0.4 is 20.9 Å². The van der Waals surface area contributed by atoms with Crippen LogP contribution in [-0.2, 0) is 25.5 Å². The summed E-state index contributed by atoms with van der Waals surface area (Å²) in [6, 6.07) is 11.8. The van der Waals surface area contributed by atoms with Gasteiger partial charge < -0.3 is 30.1 Å². The monoisotopic (exact) mass is 923 g/mol. The fourth-order valence-corrected chi connectivity index (χ4v) is 8.47. The Bertz CT molecular complexity index is 2190. The Labute approximate surface area is 401 Å². The van der Waals surface area contributed by atoms with E-state index in [-0.39, 0.29) is 24.1 Å². The first kappa shape index (κ1) is 55.4. The van der Waals surface area contributed by atoms with Crippen molar-refractivity contribution in [2.24, 2.45) is 4.99 Å². The second-order valence-electron chi connectivity index (χ2n) is 16.8. The van der Waals surface area contributed by atoms with Crippen LogP contribution in [-0.4, -0.2) is 110 Å². The van der Waals surface area contributed by atoms with Gasteiger partial charge in [0, 0.05) is 102 Å². The lowest BCUT2D eigenvalue weighted by molar-refractivity contribution is -0.133. The highest BCUT2D eigenvalue weighted by atomic mass is 19.1. The number of allylic oxidation sites excluding steroid dienone is 4. The van der Waals surface area contributed by atoms with Gasteiger partial charge in [0.1, 0.15) is 24.0 Å². The Balaban J connectivity index is 0.000000812. The molecule has 3 N–H and O–H groups in total. The number of amides is 3. The minimum absolute atomic E-state index is 0.0367. The number of nitrogens with zero attached hydrogens (tertiary/aromatic N) is 5. The second kappa shape index (κ2) is 27.6. The number of hydrogen-bond acceptors (Lipinski definition) is 10. The minimum atomic E-state index is -0.419. The standard InChI is InChI=1S/C44H56FN7O2.C6H11NO2.2C2H6/c1-9-41(32(6)44-33(7)54-22-16-46-44)51-17-15-36(30(4)26-51)25-47-34(8)48-37-14-13-35(40(45)24-37)23-43(53)50-20-18-49(19-21-50)38-27-52(28-38)42-12-10-11-39(29(2)3)31(42)5;1-3-4-6(9)7-5(2)8;2*1-2/h9-14,24-25,38,46,48H,1-2,8,15-23,26-28H2,3-7H3;3-4H2,1-2H3,(H,7,8,9);2*1-2H3/b41-32+,47-25-;;;. The lowest BCUT2D eigenvalue weighted by atomic mass is 9.97. The van der Waals surface area contributed by atoms with Gasteiger partial charge in [0.25, 0.3) is 0 Å². The molecule has 366 valence electrons. The molecule has 0 bridgehead atoms. The van der Waals surface area contributed by atoms with Crippen molar-refractivity contribution < 1.29 is 23.5 Å². The number of halogens is 1. The van der Waals surface area contributed by atoms with Crippen LogP contribution in [0.2, 0.25) is 0 Å². The van der Waals surface area contributed by atoms with Crippen molar-refractivity contribution in [1.29, 1.82) is 0 Å². The summed E-state index contributed by atoms with van der Waals surface area (Å²) in [6.07, 6.45) is 5.84. The van der Waals surface area contributed by atoms with Gasteiger partial charge >= 0.3 is 0 Å². The number of anilines is 2. The van der Waals surface area contributed by atoms with Crippen LogP contribution in [0.4, 0.5) is 15.8 Å². The third-order valence-corrected chi connectivity index (χ3v) is 12.0. The molecule has 12 nitrogen and oxygen atoms in total. The first-order valence-corrected chi connectivity index (χ1v) is 24.1. The Morgan fingerprint density at radius 1 is 0.955 bits per heavy atom. The zero-order valence-electron chi connectivity index (χ0n) is 42.5. The molecule has 0 aliphatic carbocycles. The number of piperazine rings is 1. The van der Waals surface area contributed by atoms with Crippen LogP contribution in [0.5, 0.6) is 0 Å². The van der Waals surface area contributed by atoms with E-state index in [1.807, 2.05) is 58.7 Å². The average Bonchev–Trinajstić information content (AvgIpc) is 3.29. The van der Waals surface area contributed by atoms with Gasteiger partial charge in [-0.15, -0.1) is 0 Å². The van der Waals surface area contributed by atoms with Crippen molar-refractivity contribution in [1.82, 2.24) is 25.3 Å². The Morgan fingerprint density at radius 3 is 2.22 bits per heavy atom. The van der Waals surface area contributed by atoms with Gasteiger partial charge in [-0.3, -0.25) is 24.6 Å². The molecular weight excluding hydrogens is 844 g/mol. The van der Waals surface area contributed by atoms with Gasteiger partial charge in [-0.1, -0.05) is 78.1 Å². The molecule has 2 saturated heterocycles. The molecule has 4 heterocycles. The van der Waals surface area contributed by atoms with Crippen LogP contribution in [0.15, 0.2) is 107 Å². The smallest absolute Gasteiger partial charge is 0.227 e. The van der Waals surface area contributed by atoms with Crippen LogP contribution in [0, 0.1) is 12.7 Å². The lowest BCUT2D eigenvalue weighted by Crippen LogP contribution is -2.63. The molecule has 0 aromatic heterocycles. The molecule has 0 atom stereocenters. The highest BCUT2D eigenvalue weighted by Gasteiger charge is 2.35.